The zero-order valence-corrected chi connectivity index (χ0v) is 6.03. The van der Waals surface area contributed by atoms with E-state index in [9.17, 15) is 9.59 Å². The molecule has 0 aliphatic carbocycles. The van der Waals surface area contributed by atoms with Crippen LogP contribution in [-0.2, 0) is 14.3 Å². The van der Waals surface area contributed by atoms with Crippen LogP contribution in [-0.4, -0.2) is 23.3 Å². The van der Waals surface area contributed by atoms with Crippen molar-refractivity contribution in [3.05, 3.63) is 12.2 Å². The van der Waals surface area contributed by atoms with Crippen molar-refractivity contribution >= 4 is 11.9 Å². The summed E-state index contributed by atoms with van der Waals surface area (Å²) < 4.78 is 4.12. The molecule has 0 bridgehead atoms. The minimum absolute atomic E-state index is 0.0882. The molecule has 11 heavy (non-hydrogen) atoms. The molecule has 0 aromatic rings. The largest absolute Gasteiger partial charge is 0.423 e. The van der Waals surface area contributed by atoms with E-state index in [0.717, 1.165) is 0 Å². The second-order valence-electron chi connectivity index (χ2n) is 1.94. The van der Waals surface area contributed by atoms with Gasteiger partial charge in [0.2, 0.25) is 0 Å². The lowest BCUT2D eigenvalue weighted by molar-refractivity contribution is -0.171. The van der Waals surface area contributed by atoms with Gasteiger partial charge in [-0.2, -0.15) is 0 Å². The summed E-state index contributed by atoms with van der Waals surface area (Å²) in [5.41, 5.74) is 4.68. The van der Waals surface area contributed by atoms with Crippen LogP contribution in [0.3, 0.4) is 0 Å². The summed E-state index contributed by atoms with van der Waals surface area (Å²) in [5.74, 6) is -1.96. The maximum absolute atomic E-state index is 10.6. The molecule has 1 atom stereocenters. The third-order valence-corrected chi connectivity index (χ3v) is 0.811. The summed E-state index contributed by atoms with van der Waals surface area (Å²) in [4.78, 5) is 20.7. The number of primary amides is 1. The van der Waals surface area contributed by atoms with Gasteiger partial charge >= 0.3 is 5.97 Å². The Morgan fingerprint density at radius 3 is 2.36 bits per heavy atom. The van der Waals surface area contributed by atoms with Crippen molar-refractivity contribution in [2.75, 3.05) is 0 Å². The van der Waals surface area contributed by atoms with Crippen molar-refractivity contribution in [3.63, 3.8) is 0 Å². The number of nitrogens with two attached hydrogens (primary N) is 1. The quantitative estimate of drug-likeness (QED) is 0.311. The van der Waals surface area contributed by atoms with Gasteiger partial charge in [-0.1, -0.05) is 6.58 Å². The summed E-state index contributed by atoms with van der Waals surface area (Å²) >= 11 is 0. The fourth-order valence-corrected chi connectivity index (χ4v) is 0.260. The maximum atomic E-state index is 10.6. The molecule has 5 nitrogen and oxygen atoms in total. The van der Waals surface area contributed by atoms with Crippen molar-refractivity contribution in [2.24, 2.45) is 5.73 Å². The van der Waals surface area contributed by atoms with Crippen LogP contribution in [0.25, 0.3) is 0 Å². The maximum Gasteiger partial charge on any atom is 0.335 e. The van der Waals surface area contributed by atoms with Crippen molar-refractivity contribution in [1.29, 1.82) is 0 Å². The number of carbonyl (C=O) groups excluding carboxylic acids is 2. The number of amides is 1. The zero-order chi connectivity index (χ0) is 9.02. The van der Waals surface area contributed by atoms with Gasteiger partial charge in [-0.3, -0.25) is 4.79 Å². The smallest absolute Gasteiger partial charge is 0.335 e. The molecule has 0 aliphatic heterocycles. The molecule has 5 heteroatoms. The summed E-state index contributed by atoms with van der Waals surface area (Å²) in [7, 11) is 0. The Bertz CT molecular complexity index is 199. The van der Waals surface area contributed by atoms with Gasteiger partial charge in [-0.05, 0) is 6.92 Å². The first kappa shape index (κ1) is 9.64. The molecule has 0 aromatic carbocycles. The van der Waals surface area contributed by atoms with E-state index in [1.165, 1.54) is 6.92 Å². The van der Waals surface area contributed by atoms with Gasteiger partial charge in [0.05, 0.1) is 0 Å². The van der Waals surface area contributed by atoms with E-state index in [1.807, 2.05) is 0 Å². The Morgan fingerprint density at radius 1 is 1.64 bits per heavy atom. The highest BCUT2D eigenvalue weighted by Gasteiger charge is 2.16. The third kappa shape index (κ3) is 3.36. The summed E-state index contributed by atoms with van der Waals surface area (Å²) in [6.45, 7) is 4.61. The first-order valence-electron chi connectivity index (χ1n) is 2.79. The van der Waals surface area contributed by atoms with Crippen LogP contribution in [0, 0.1) is 0 Å². The van der Waals surface area contributed by atoms with Crippen molar-refractivity contribution in [2.45, 2.75) is 13.2 Å². The second-order valence-corrected chi connectivity index (χ2v) is 1.94. The van der Waals surface area contributed by atoms with Crippen LogP contribution in [0.15, 0.2) is 12.2 Å². The fraction of sp³-hybridized carbons (Fsp3) is 0.333. The molecule has 0 saturated carbocycles. The van der Waals surface area contributed by atoms with Gasteiger partial charge < -0.3 is 15.6 Å². The Kier molecular flexibility index (Phi) is 3.26. The molecule has 3 N–H and O–H groups in total. The van der Waals surface area contributed by atoms with Crippen LogP contribution < -0.4 is 5.73 Å². The highest BCUT2D eigenvalue weighted by molar-refractivity contribution is 5.89. The van der Waals surface area contributed by atoms with Crippen LogP contribution in [0.4, 0.5) is 0 Å². The first-order chi connectivity index (χ1) is 4.95. The van der Waals surface area contributed by atoms with Crippen LogP contribution >= 0.6 is 0 Å². The number of hydrogen-bond donors (Lipinski definition) is 2. The lowest BCUT2D eigenvalue weighted by atomic mass is 10.4. The predicted octanol–water partition coefficient (Wildman–Crippen LogP) is -1.09. The number of rotatable bonds is 3. The Hall–Kier alpha value is -1.36. The van der Waals surface area contributed by atoms with E-state index in [0.29, 0.717) is 0 Å². The molecule has 0 saturated heterocycles. The predicted molar refractivity (Wildman–Crippen MR) is 36.1 cm³/mol. The molecule has 0 rings (SSSR count). The molecule has 1 amide bonds. The number of esters is 1. The number of hydrogen-bond acceptors (Lipinski definition) is 4. The fourth-order valence-electron chi connectivity index (χ4n) is 0.260. The van der Waals surface area contributed by atoms with Gasteiger partial charge in [0.25, 0.3) is 12.2 Å². The van der Waals surface area contributed by atoms with Crippen molar-refractivity contribution in [1.82, 2.24) is 0 Å². The lowest BCUT2D eigenvalue weighted by Gasteiger charge is -2.06. The summed E-state index contributed by atoms with van der Waals surface area (Å²) in [5, 5.41) is 8.59. The number of aliphatic hydroxyl groups is 1. The SMILES string of the molecule is C=C(C)C(=O)OC(O)C(N)=O. The molecular formula is C6H9NO4. The van der Waals surface area contributed by atoms with Crippen molar-refractivity contribution < 1.29 is 19.4 Å². The Morgan fingerprint density at radius 2 is 2.09 bits per heavy atom. The van der Waals surface area contributed by atoms with Gasteiger partial charge in [0, 0.05) is 5.57 Å². The number of carbonyl (C=O) groups is 2. The van der Waals surface area contributed by atoms with Crippen molar-refractivity contribution in [3.8, 4) is 0 Å². The second kappa shape index (κ2) is 3.72. The molecule has 0 spiro atoms. The molecular weight excluding hydrogens is 150 g/mol. The van der Waals surface area contributed by atoms with Gasteiger partial charge in [0.15, 0.2) is 0 Å². The Labute approximate surface area is 63.4 Å². The van der Waals surface area contributed by atoms with E-state index in [2.05, 4.69) is 17.0 Å². The first-order valence-corrected chi connectivity index (χ1v) is 2.79. The molecule has 0 aromatic heterocycles. The number of aliphatic hydroxyl groups excluding tert-OH is 1. The molecule has 0 radical (unpaired) electrons. The number of ether oxygens (including phenoxy) is 1. The van der Waals surface area contributed by atoms with Crippen LogP contribution in [0.2, 0.25) is 0 Å². The van der Waals surface area contributed by atoms with E-state index >= 15 is 0 Å². The minimum Gasteiger partial charge on any atom is -0.423 e. The van der Waals surface area contributed by atoms with Crippen LogP contribution in [0.5, 0.6) is 0 Å². The highest BCUT2D eigenvalue weighted by atomic mass is 16.6. The highest BCUT2D eigenvalue weighted by Crippen LogP contribution is 1.94. The van der Waals surface area contributed by atoms with E-state index in [4.69, 9.17) is 5.11 Å². The molecule has 62 valence electrons. The molecule has 0 heterocycles. The lowest BCUT2D eigenvalue weighted by Crippen LogP contribution is -2.32. The topological polar surface area (TPSA) is 89.6 Å². The van der Waals surface area contributed by atoms with Gasteiger partial charge in [-0.15, -0.1) is 0 Å². The monoisotopic (exact) mass is 159 g/mol. The average molecular weight is 159 g/mol. The summed E-state index contributed by atoms with van der Waals surface area (Å²) in [6, 6.07) is 0. The Balaban J connectivity index is 3.95. The molecule has 0 aliphatic rings. The average Bonchev–Trinajstić information content (AvgIpc) is 1.87. The van der Waals surface area contributed by atoms with E-state index in [-0.39, 0.29) is 5.57 Å². The third-order valence-electron chi connectivity index (χ3n) is 0.811. The summed E-state index contributed by atoms with van der Waals surface area (Å²) in [6.07, 6.45) is -1.89. The zero-order valence-electron chi connectivity index (χ0n) is 6.03. The van der Waals surface area contributed by atoms with Gasteiger partial charge in [0.1, 0.15) is 0 Å². The van der Waals surface area contributed by atoms with Crippen LogP contribution in [0.1, 0.15) is 6.92 Å². The van der Waals surface area contributed by atoms with Gasteiger partial charge in [-0.25, -0.2) is 4.79 Å². The minimum atomic E-state index is -1.89. The normalized spacial score (nSPS) is 11.8. The molecule has 1 unspecified atom stereocenters. The molecule has 0 fully saturated rings. The van der Waals surface area contributed by atoms with E-state index in [1.54, 1.807) is 0 Å². The van der Waals surface area contributed by atoms with E-state index < -0.39 is 18.2 Å². The standard InChI is InChI=1S/C6H9NO4/c1-3(2)5(9)11-6(10)4(7)8/h6,10H,1H2,2H3,(H2,7,8).